The molecule has 2 atom stereocenters. The minimum absolute atomic E-state index is 0.127. The van der Waals surface area contributed by atoms with Crippen LogP contribution < -0.4 is 5.73 Å². The third kappa shape index (κ3) is 6.62. The van der Waals surface area contributed by atoms with Crippen LogP contribution in [-0.2, 0) is 0 Å². The van der Waals surface area contributed by atoms with E-state index in [1.54, 1.807) is 0 Å². The molecule has 3 N–H and O–H groups in total. The van der Waals surface area contributed by atoms with Crippen LogP contribution in [0.4, 0.5) is 0 Å². The lowest BCUT2D eigenvalue weighted by Crippen LogP contribution is -2.21. The molecule has 0 aromatic heterocycles. The molecule has 0 aliphatic carbocycles. The molecule has 0 radical (unpaired) electrons. The summed E-state index contributed by atoms with van der Waals surface area (Å²) in [5.74, 6) is 0. The maximum Gasteiger partial charge on any atom is 0.0540 e. The van der Waals surface area contributed by atoms with E-state index >= 15 is 0 Å². The summed E-state index contributed by atoms with van der Waals surface area (Å²) in [4.78, 5) is 0. The fourth-order valence-electron chi connectivity index (χ4n) is 1.40. The second kappa shape index (κ2) is 7.56. The van der Waals surface area contributed by atoms with Crippen molar-refractivity contribution in [2.24, 2.45) is 5.73 Å². The van der Waals surface area contributed by atoms with Gasteiger partial charge in [0.2, 0.25) is 0 Å². The third-order valence-electron chi connectivity index (χ3n) is 2.15. The van der Waals surface area contributed by atoms with Gasteiger partial charge in [0.1, 0.15) is 0 Å². The summed E-state index contributed by atoms with van der Waals surface area (Å²) >= 11 is 0. The summed E-state index contributed by atoms with van der Waals surface area (Å²) in [6.45, 7) is 4.23. The highest BCUT2D eigenvalue weighted by molar-refractivity contribution is 4.64. The molecule has 74 valence electrons. The Morgan fingerprint density at radius 3 is 2.08 bits per heavy atom. The molecular weight excluding hydrogens is 150 g/mol. The minimum Gasteiger partial charge on any atom is -0.393 e. The molecular formula is C10H23NO. The van der Waals surface area contributed by atoms with Gasteiger partial charge in [0.25, 0.3) is 0 Å². The molecule has 0 amide bonds. The second-order valence-corrected chi connectivity index (χ2v) is 3.57. The normalized spacial score (nSPS) is 16.0. The molecule has 2 heteroatoms. The van der Waals surface area contributed by atoms with Crippen LogP contribution in [0.1, 0.15) is 52.4 Å². The van der Waals surface area contributed by atoms with E-state index in [9.17, 15) is 5.11 Å². The summed E-state index contributed by atoms with van der Waals surface area (Å²) in [7, 11) is 0. The Kier molecular flexibility index (Phi) is 7.51. The van der Waals surface area contributed by atoms with Gasteiger partial charge in [0, 0.05) is 6.04 Å². The molecule has 0 aromatic rings. The molecule has 12 heavy (non-hydrogen) atoms. The molecule has 0 aliphatic rings. The van der Waals surface area contributed by atoms with Crippen molar-refractivity contribution < 1.29 is 5.11 Å². The molecule has 0 aromatic carbocycles. The first-order valence-electron chi connectivity index (χ1n) is 5.14. The fraction of sp³-hybridized carbons (Fsp3) is 1.00. The van der Waals surface area contributed by atoms with Crippen LogP contribution >= 0.6 is 0 Å². The van der Waals surface area contributed by atoms with Crippen molar-refractivity contribution in [3.8, 4) is 0 Å². The standard InChI is InChI=1S/C10H23NO/c1-3-5-9(11)7-8-10(12)6-4-2/h9-10,12H,3-8,11H2,1-2H3. The van der Waals surface area contributed by atoms with Crippen molar-refractivity contribution in [3.05, 3.63) is 0 Å². The highest BCUT2D eigenvalue weighted by Gasteiger charge is 2.06. The van der Waals surface area contributed by atoms with E-state index in [0.29, 0.717) is 6.04 Å². The molecule has 0 fully saturated rings. The van der Waals surface area contributed by atoms with Crippen molar-refractivity contribution in [3.63, 3.8) is 0 Å². The highest BCUT2D eigenvalue weighted by atomic mass is 16.3. The number of hydrogen-bond donors (Lipinski definition) is 2. The van der Waals surface area contributed by atoms with E-state index in [0.717, 1.165) is 38.5 Å². The zero-order valence-corrected chi connectivity index (χ0v) is 8.42. The fourth-order valence-corrected chi connectivity index (χ4v) is 1.40. The van der Waals surface area contributed by atoms with Gasteiger partial charge in [0.15, 0.2) is 0 Å². The summed E-state index contributed by atoms with van der Waals surface area (Å²) < 4.78 is 0. The smallest absolute Gasteiger partial charge is 0.0540 e. The molecule has 0 saturated heterocycles. The monoisotopic (exact) mass is 173 g/mol. The van der Waals surface area contributed by atoms with Gasteiger partial charge in [0.05, 0.1) is 6.10 Å². The summed E-state index contributed by atoms with van der Waals surface area (Å²) in [6.07, 6.45) is 5.91. The van der Waals surface area contributed by atoms with E-state index in [1.165, 1.54) is 0 Å². The van der Waals surface area contributed by atoms with Gasteiger partial charge in [-0.25, -0.2) is 0 Å². The molecule has 0 aliphatic heterocycles. The Labute approximate surface area is 76.2 Å². The average molecular weight is 173 g/mol. The van der Waals surface area contributed by atoms with Gasteiger partial charge >= 0.3 is 0 Å². The Balaban J connectivity index is 3.27. The number of nitrogens with two attached hydrogens (primary N) is 1. The first kappa shape index (κ1) is 11.9. The highest BCUT2D eigenvalue weighted by Crippen LogP contribution is 2.08. The van der Waals surface area contributed by atoms with Crippen LogP contribution in [0.25, 0.3) is 0 Å². The summed E-state index contributed by atoms with van der Waals surface area (Å²) in [5.41, 5.74) is 5.82. The van der Waals surface area contributed by atoms with Crippen LogP contribution in [0.2, 0.25) is 0 Å². The summed E-state index contributed by atoms with van der Waals surface area (Å²) in [5, 5.41) is 9.41. The molecule has 2 unspecified atom stereocenters. The Bertz CT molecular complexity index is 83.8. The van der Waals surface area contributed by atoms with E-state index < -0.39 is 0 Å². The molecule has 0 bridgehead atoms. The first-order valence-corrected chi connectivity index (χ1v) is 5.14. The van der Waals surface area contributed by atoms with Crippen LogP contribution in [0.15, 0.2) is 0 Å². The van der Waals surface area contributed by atoms with Gasteiger partial charge in [-0.15, -0.1) is 0 Å². The van der Waals surface area contributed by atoms with Gasteiger partial charge < -0.3 is 10.8 Å². The topological polar surface area (TPSA) is 46.2 Å². The largest absolute Gasteiger partial charge is 0.393 e. The molecule has 0 heterocycles. The van der Waals surface area contributed by atoms with Crippen LogP contribution in [0, 0.1) is 0 Å². The van der Waals surface area contributed by atoms with Crippen LogP contribution in [-0.4, -0.2) is 17.3 Å². The minimum atomic E-state index is -0.127. The van der Waals surface area contributed by atoms with Crippen LogP contribution in [0.3, 0.4) is 0 Å². The quantitative estimate of drug-likeness (QED) is 0.619. The molecule has 0 spiro atoms. The third-order valence-corrected chi connectivity index (χ3v) is 2.15. The van der Waals surface area contributed by atoms with Crippen molar-refractivity contribution in [2.75, 3.05) is 0 Å². The maximum atomic E-state index is 9.41. The number of hydrogen-bond acceptors (Lipinski definition) is 2. The molecule has 2 nitrogen and oxygen atoms in total. The predicted molar refractivity (Wildman–Crippen MR) is 53.0 cm³/mol. The Morgan fingerprint density at radius 2 is 1.58 bits per heavy atom. The van der Waals surface area contributed by atoms with E-state index in [2.05, 4.69) is 13.8 Å². The van der Waals surface area contributed by atoms with E-state index in [-0.39, 0.29) is 6.10 Å². The SMILES string of the molecule is CCCC(N)CCC(O)CCC. The van der Waals surface area contributed by atoms with E-state index in [1.807, 2.05) is 0 Å². The zero-order chi connectivity index (χ0) is 9.40. The second-order valence-electron chi connectivity index (χ2n) is 3.57. The lowest BCUT2D eigenvalue weighted by molar-refractivity contribution is 0.148. The maximum absolute atomic E-state index is 9.41. The van der Waals surface area contributed by atoms with Crippen molar-refractivity contribution >= 4 is 0 Å². The number of aliphatic hydroxyl groups excluding tert-OH is 1. The van der Waals surface area contributed by atoms with Gasteiger partial charge in [-0.05, 0) is 25.7 Å². The average Bonchev–Trinajstić information content (AvgIpc) is 2.02. The predicted octanol–water partition coefficient (Wildman–Crippen LogP) is 2.05. The van der Waals surface area contributed by atoms with Crippen LogP contribution in [0.5, 0.6) is 0 Å². The van der Waals surface area contributed by atoms with Crippen molar-refractivity contribution in [1.29, 1.82) is 0 Å². The zero-order valence-electron chi connectivity index (χ0n) is 8.42. The van der Waals surface area contributed by atoms with Crippen molar-refractivity contribution in [1.82, 2.24) is 0 Å². The number of aliphatic hydroxyl groups is 1. The first-order chi connectivity index (χ1) is 5.70. The molecule has 0 saturated carbocycles. The molecule has 0 rings (SSSR count). The lowest BCUT2D eigenvalue weighted by Gasteiger charge is -2.13. The van der Waals surface area contributed by atoms with Gasteiger partial charge in [-0.2, -0.15) is 0 Å². The van der Waals surface area contributed by atoms with Gasteiger partial charge in [-0.3, -0.25) is 0 Å². The summed E-state index contributed by atoms with van der Waals surface area (Å²) in [6, 6.07) is 0.293. The number of rotatable bonds is 7. The van der Waals surface area contributed by atoms with Gasteiger partial charge in [-0.1, -0.05) is 26.7 Å². The Hall–Kier alpha value is -0.0800. The lowest BCUT2D eigenvalue weighted by atomic mass is 10.0. The van der Waals surface area contributed by atoms with Crippen molar-refractivity contribution in [2.45, 2.75) is 64.5 Å². The Morgan fingerprint density at radius 1 is 1.00 bits per heavy atom. The van der Waals surface area contributed by atoms with E-state index in [4.69, 9.17) is 5.73 Å².